The molecular formula is C15H13BrN2O4S2. The zero-order valence-electron chi connectivity index (χ0n) is 12.7. The van der Waals surface area contributed by atoms with Gasteiger partial charge in [0.05, 0.1) is 24.4 Å². The van der Waals surface area contributed by atoms with Crippen molar-refractivity contribution in [3.63, 3.8) is 0 Å². The number of nitrogens with one attached hydrogen (secondary N) is 1. The van der Waals surface area contributed by atoms with Gasteiger partial charge in [0, 0.05) is 10.5 Å². The number of methoxy groups -OCH3 is 2. The number of ether oxygens (including phenoxy) is 2. The summed E-state index contributed by atoms with van der Waals surface area (Å²) in [5, 5.41) is 0.293. The first-order chi connectivity index (χ1) is 11.4. The number of fused-ring (bicyclic) bond motifs is 1. The molecule has 0 atom stereocenters. The molecule has 0 aliphatic carbocycles. The molecule has 0 saturated carbocycles. The second-order valence-electron chi connectivity index (χ2n) is 4.75. The first kappa shape index (κ1) is 17.0. The molecule has 0 aliphatic heterocycles. The van der Waals surface area contributed by atoms with Crippen molar-refractivity contribution in [3.05, 3.63) is 40.9 Å². The van der Waals surface area contributed by atoms with Crippen molar-refractivity contribution in [1.82, 2.24) is 4.98 Å². The Balaban J connectivity index is 1.98. The Labute approximate surface area is 151 Å². The van der Waals surface area contributed by atoms with Gasteiger partial charge in [-0.15, -0.1) is 0 Å². The highest BCUT2D eigenvalue weighted by atomic mass is 79.9. The number of anilines is 1. The average Bonchev–Trinajstić information content (AvgIpc) is 2.94. The number of hydrogen-bond donors (Lipinski definition) is 1. The highest BCUT2D eigenvalue weighted by Crippen LogP contribution is 2.33. The van der Waals surface area contributed by atoms with Gasteiger partial charge in [0.25, 0.3) is 10.0 Å². The summed E-state index contributed by atoms with van der Waals surface area (Å²) in [5.41, 5.74) is 0.725. The van der Waals surface area contributed by atoms with Crippen LogP contribution in [0.4, 0.5) is 5.13 Å². The molecule has 3 aromatic rings. The van der Waals surface area contributed by atoms with E-state index in [0.717, 1.165) is 14.7 Å². The van der Waals surface area contributed by atoms with Crippen molar-refractivity contribution in [3.8, 4) is 11.5 Å². The summed E-state index contributed by atoms with van der Waals surface area (Å²) in [7, 11) is -0.927. The van der Waals surface area contributed by atoms with Gasteiger partial charge in [-0.1, -0.05) is 27.3 Å². The highest BCUT2D eigenvalue weighted by molar-refractivity contribution is 9.10. The normalized spacial score (nSPS) is 11.5. The minimum atomic E-state index is -3.83. The first-order valence-electron chi connectivity index (χ1n) is 6.74. The Hall–Kier alpha value is -1.84. The Morgan fingerprint density at radius 3 is 2.62 bits per heavy atom. The molecule has 1 aromatic heterocycles. The maximum Gasteiger partial charge on any atom is 0.267 e. The van der Waals surface area contributed by atoms with Gasteiger partial charge in [0.2, 0.25) is 0 Å². The van der Waals surface area contributed by atoms with Crippen molar-refractivity contribution in [2.75, 3.05) is 18.9 Å². The number of halogens is 1. The van der Waals surface area contributed by atoms with E-state index in [1.807, 2.05) is 18.2 Å². The maximum absolute atomic E-state index is 12.7. The number of hydrogen-bond acceptors (Lipinski definition) is 6. The Kier molecular flexibility index (Phi) is 4.66. The number of thiazole rings is 1. The van der Waals surface area contributed by atoms with Gasteiger partial charge in [0.1, 0.15) is 16.4 Å². The topological polar surface area (TPSA) is 77.5 Å². The first-order valence-corrected chi connectivity index (χ1v) is 9.83. The molecule has 24 heavy (non-hydrogen) atoms. The Morgan fingerprint density at radius 2 is 1.92 bits per heavy atom. The van der Waals surface area contributed by atoms with Crippen LogP contribution < -0.4 is 14.2 Å². The lowest BCUT2D eigenvalue weighted by Gasteiger charge is -2.11. The van der Waals surface area contributed by atoms with E-state index in [2.05, 4.69) is 25.6 Å². The summed E-state index contributed by atoms with van der Waals surface area (Å²) in [6.07, 6.45) is 0. The van der Waals surface area contributed by atoms with Crippen LogP contribution in [-0.2, 0) is 10.0 Å². The van der Waals surface area contributed by atoms with E-state index < -0.39 is 10.0 Å². The number of aromatic nitrogens is 1. The number of rotatable bonds is 5. The predicted molar refractivity (Wildman–Crippen MR) is 97.7 cm³/mol. The number of sulfonamides is 1. The smallest absolute Gasteiger partial charge is 0.267 e. The van der Waals surface area contributed by atoms with E-state index >= 15 is 0 Å². The molecule has 9 heteroatoms. The van der Waals surface area contributed by atoms with Gasteiger partial charge in [-0.25, -0.2) is 13.4 Å². The van der Waals surface area contributed by atoms with Crippen LogP contribution in [0.2, 0.25) is 0 Å². The van der Waals surface area contributed by atoms with Crippen LogP contribution >= 0.6 is 27.3 Å². The highest BCUT2D eigenvalue weighted by Gasteiger charge is 2.22. The molecule has 2 aromatic carbocycles. The third-order valence-electron chi connectivity index (χ3n) is 3.23. The summed E-state index contributed by atoms with van der Waals surface area (Å²) < 4.78 is 39.8. The Bertz CT molecular complexity index is 1000. The quantitative estimate of drug-likeness (QED) is 0.666. The minimum Gasteiger partial charge on any atom is -0.497 e. The molecule has 1 heterocycles. The van der Waals surface area contributed by atoms with Gasteiger partial charge < -0.3 is 9.47 Å². The molecule has 0 radical (unpaired) electrons. The molecule has 0 amide bonds. The van der Waals surface area contributed by atoms with Crippen LogP contribution in [-0.4, -0.2) is 27.6 Å². The zero-order chi connectivity index (χ0) is 17.3. The molecule has 6 nitrogen and oxygen atoms in total. The molecule has 3 rings (SSSR count). The van der Waals surface area contributed by atoms with Gasteiger partial charge in [0.15, 0.2) is 5.13 Å². The van der Waals surface area contributed by atoms with E-state index in [0.29, 0.717) is 10.9 Å². The fourth-order valence-electron chi connectivity index (χ4n) is 2.11. The van der Waals surface area contributed by atoms with Crippen molar-refractivity contribution in [2.45, 2.75) is 4.90 Å². The monoisotopic (exact) mass is 428 g/mol. The number of benzene rings is 2. The second-order valence-corrected chi connectivity index (χ2v) is 8.35. The average molecular weight is 429 g/mol. The molecule has 126 valence electrons. The second kappa shape index (κ2) is 6.58. The van der Waals surface area contributed by atoms with Crippen LogP contribution in [0, 0.1) is 0 Å². The lowest BCUT2D eigenvalue weighted by Crippen LogP contribution is -2.14. The van der Waals surface area contributed by atoms with E-state index in [9.17, 15) is 8.42 Å². The summed E-state index contributed by atoms with van der Waals surface area (Å²) in [6.45, 7) is 0. The molecule has 0 spiro atoms. The van der Waals surface area contributed by atoms with Crippen LogP contribution in [0.5, 0.6) is 11.5 Å². The molecule has 1 N–H and O–H groups in total. The van der Waals surface area contributed by atoms with Gasteiger partial charge in [-0.3, -0.25) is 4.72 Å². The molecular weight excluding hydrogens is 416 g/mol. The molecule has 0 unspecified atom stereocenters. The van der Waals surface area contributed by atoms with E-state index in [4.69, 9.17) is 9.47 Å². The van der Waals surface area contributed by atoms with Crippen molar-refractivity contribution in [2.24, 2.45) is 0 Å². The third-order valence-corrected chi connectivity index (χ3v) is 6.17. The Morgan fingerprint density at radius 1 is 1.12 bits per heavy atom. The van der Waals surface area contributed by atoms with Crippen LogP contribution in [0.3, 0.4) is 0 Å². The SMILES string of the molecule is COc1ccc(S(=O)(=O)Nc2nc3ccc(Br)cc3s2)c(OC)c1. The zero-order valence-corrected chi connectivity index (χ0v) is 16.0. The number of nitrogens with zero attached hydrogens (tertiary/aromatic N) is 1. The summed E-state index contributed by atoms with van der Waals surface area (Å²) in [6, 6.07) is 10.1. The third kappa shape index (κ3) is 3.33. The van der Waals surface area contributed by atoms with E-state index in [-0.39, 0.29) is 10.6 Å². The van der Waals surface area contributed by atoms with Crippen LogP contribution in [0.1, 0.15) is 0 Å². The fraction of sp³-hybridized carbons (Fsp3) is 0.133. The van der Waals surface area contributed by atoms with Crippen molar-refractivity contribution >= 4 is 52.6 Å². The summed E-state index contributed by atoms with van der Waals surface area (Å²) in [5.74, 6) is 0.710. The standard InChI is InChI=1S/C15H13BrN2O4S2/c1-21-10-4-6-14(12(8-10)22-2)24(19,20)18-15-17-11-5-3-9(16)7-13(11)23-15/h3-8H,1-2H3,(H,17,18). The van der Waals surface area contributed by atoms with E-state index in [1.165, 1.54) is 37.7 Å². The van der Waals surface area contributed by atoms with Gasteiger partial charge in [-0.2, -0.15) is 0 Å². The maximum atomic E-state index is 12.7. The fourth-order valence-corrected chi connectivity index (χ4v) is 4.91. The van der Waals surface area contributed by atoms with Gasteiger partial charge in [-0.05, 0) is 30.3 Å². The lowest BCUT2D eigenvalue weighted by molar-refractivity contribution is 0.386. The van der Waals surface area contributed by atoms with Gasteiger partial charge >= 0.3 is 0 Å². The molecule has 0 fully saturated rings. The van der Waals surface area contributed by atoms with Crippen LogP contribution in [0.15, 0.2) is 45.8 Å². The largest absolute Gasteiger partial charge is 0.497 e. The lowest BCUT2D eigenvalue weighted by atomic mass is 10.3. The predicted octanol–water partition coefficient (Wildman–Crippen LogP) is 3.88. The van der Waals surface area contributed by atoms with Crippen LogP contribution in [0.25, 0.3) is 10.2 Å². The summed E-state index contributed by atoms with van der Waals surface area (Å²) in [4.78, 5) is 4.32. The molecule has 0 aliphatic rings. The van der Waals surface area contributed by atoms with Crippen molar-refractivity contribution < 1.29 is 17.9 Å². The summed E-state index contributed by atoms with van der Waals surface area (Å²) >= 11 is 4.64. The van der Waals surface area contributed by atoms with Crippen molar-refractivity contribution in [1.29, 1.82) is 0 Å². The minimum absolute atomic E-state index is 0.0197. The molecule has 0 saturated heterocycles. The van der Waals surface area contributed by atoms with E-state index in [1.54, 1.807) is 6.07 Å². The molecule has 0 bridgehead atoms.